The molecule has 0 aromatic heterocycles. The number of thioether (sulfide) groups is 1. The summed E-state index contributed by atoms with van der Waals surface area (Å²) in [5.41, 5.74) is 0.833. The highest BCUT2D eigenvalue weighted by Crippen LogP contribution is 2.26. The van der Waals surface area contributed by atoms with Crippen molar-refractivity contribution in [3.63, 3.8) is 0 Å². The predicted molar refractivity (Wildman–Crippen MR) is 81.6 cm³/mol. The summed E-state index contributed by atoms with van der Waals surface area (Å²) in [7, 11) is 0. The summed E-state index contributed by atoms with van der Waals surface area (Å²) in [5, 5.41) is 1.06. The van der Waals surface area contributed by atoms with Gasteiger partial charge >= 0.3 is 0 Å². The second-order valence-electron chi connectivity index (χ2n) is 4.45. The van der Waals surface area contributed by atoms with E-state index >= 15 is 0 Å². The number of hydrogen-bond donors (Lipinski definition) is 0. The number of hydrogen-bond acceptors (Lipinski definition) is 2. The SMILES string of the molecule is CC1CN(C(=O)c2ccccc2I)CC(C)S1. The molecule has 0 aliphatic carbocycles. The number of carbonyl (C=O) groups is 1. The van der Waals surface area contributed by atoms with Gasteiger partial charge in [0, 0.05) is 27.2 Å². The average Bonchev–Trinajstić information content (AvgIpc) is 2.27. The second kappa shape index (κ2) is 5.61. The van der Waals surface area contributed by atoms with Crippen molar-refractivity contribution in [3.8, 4) is 0 Å². The van der Waals surface area contributed by atoms with Crippen molar-refractivity contribution in [3.05, 3.63) is 33.4 Å². The van der Waals surface area contributed by atoms with Crippen LogP contribution in [-0.4, -0.2) is 34.4 Å². The van der Waals surface area contributed by atoms with E-state index in [-0.39, 0.29) is 5.91 Å². The highest BCUT2D eigenvalue weighted by molar-refractivity contribution is 14.1. The largest absolute Gasteiger partial charge is 0.336 e. The zero-order valence-electron chi connectivity index (χ0n) is 10.0. The summed E-state index contributed by atoms with van der Waals surface area (Å²) >= 11 is 4.20. The van der Waals surface area contributed by atoms with Gasteiger partial charge in [-0.1, -0.05) is 26.0 Å². The third-order valence-electron chi connectivity index (χ3n) is 2.81. The smallest absolute Gasteiger partial charge is 0.255 e. The standard InChI is InChI=1S/C13H16INOS/c1-9-7-15(8-10(2)17-9)13(16)11-5-3-4-6-12(11)14/h3-6,9-10H,7-8H2,1-2H3. The maximum absolute atomic E-state index is 12.4. The van der Waals surface area contributed by atoms with Crippen LogP contribution in [0.25, 0.3) is 0 Å². The molecule has 0 spiro atoms. The summed E-state index contributed by atoms with van der Waals surface area (Å²) in [6.07, 6.45) is 0. The first-order valence-electron chi connectivity index (χ1n) is 5.77. The molecule has 0 N–H and O–H groups in total. The minimum Gasteiger partial charge on any atom is -0.336 e. The molecule has 17 heavy (non-hydrogen) atoms. The average molecular weight is 361 g/mol. The van der Waals surface area contributed by atoms with Gasteiger partial charge in [0.2, 0.25) is 0 Å². The van der Waals surface area contributed by atoms with Crippen LogP contribution in [0, 0.1) is 3.57 Å². The summed E-state index contributed by atoms with van der Waals surface area (Å²) in [5.74, 6) is 0.175. The van der Waals surface area contributed by atoms with Gasteiger partial charge in [-0.3, -0.25) is 4.79 Å². The molecule has 1 aliphatic rings. The van der Waals surface area contributed by atoms with Crippen molar-refractivity contribution in [1.82, 2.24) is 4.90 Å². The summed E-state index contributed by atoms with van der Waals surface area (Å²) < 4.78 is 1.04. The van der Waals surface area contributed by atoms with E-state index in [1.165, 1.54) is 0 Å². The van der Waals surface area contributed by atoms with E-state index in [0.717, 1.165) is 22.2 Å². The van der Waals surface area contributed by atoms with E-state index < -0.39 is 0 Å². The van der Waals surface area contributed by atoms with Crippen LogP contribution in [-0.2, 0) is 0 Å². The lowest BCUT2D eigenvalue weighted by Gasteiger charge is -2.34. The Labute approximate surface area is 120 Å². The van der Waals surface area contributed by atoms with Crippen molar-refractivity contribution in [2.24, 2.45) is 0 Å². The van der Waals surface area contributed by atoms with Crippen molar-refractivity contribution in [2.75, 3.05) is 13.1 Å². The molecule has 2 atom stereocenters. The molecule has 1 aromatic rings. The molecule has 92 valence electrons. The van der Waals surface area contributed by atoms with Crippen molar-refractivity contribution in [2.45, 2.75) is 24.3 Å². The van der Waals surface area contributed by atoms with E-state index in [2.05, 4.69) is 36.4 Å². The third kappa shape index (κ3) is 3.16. The maximum atomic E-state index is 12.4. The molecule has 1 aliphatic heterocycles. The molecule has 2 rings (SSSR count). The van der Waals surface area contributed by atoms with Gasteiger partial charge in [0.25, 0.3) is 5.91 Å². The van der Waals surface area contributed by atoms with Crippen LogP contribution in [0.5, 0.6) is 0 Å². The number of amides is 1. The van der Waals surface area contributed by atoms with Crippen LogP contribution >= 0.6 is 34.4 Å². The van der Waals surface area contributed by atoms with Crippen LogP contribution in [0.1, 0.15) is 24.2 Å². The van der Waals surface area contributed by atoms with Crippen LogP contribution in [0.15, 0.2) is 24.3 Å². The van der Waals surface area contributed by atoms with Crippen LogP contribution in [0.4, 0.5) is 0 Å². The minimum atomic E-state index is 0.175. The number of nitrogens with zero attached hydrogens (tertiary/aromatic N) is 1. The molecule has 1 saturated heterocycles. The first kappa shape index (κ1) is 13.2. The van der Waals surface area contributed by atoms with Gasteiger partial charge in [0.15, 0.2) is 0 Å². The molecule has 1 aromatic carbocycles. The minimum absolute atomic E-state index is 0.175. The highest BCUT2D eigenvalue weighted by Gasteiger charge is 2.27. The molecule has 1 amide bonds. The summed E-state index contributed by atoms with van der Waals surface area (Å²) in [6, 6.07) is 7.80. The van der Waals surface area contributed by atoms with E-state index in [4.69, 9.17) is 0 Å². The molecule has 1 fully saturated rings. The zero-order chi connectivity index (χ0) is 12.4. The lowest BCUT2D eigenvalue weighted by atomic mass is 10.2. The van der Waals surface area contributed by atoms with Crippen LogP contribution < -0.4 is 0 Å². The monoisotopic (exact) mass is 361 g/mol. The molecule has 0 saturated carbocycles. The van der Waals surface area contributed by atoms with Gasteiger partial charge in [-0.15, -0.1) is 0 Å². The van der Waals surface area contributed by atoms with Gasteiger partial charge in [-0.25, -0.2) is 0 Å². The highest BCUT2D eigenvalue weighted by atomic mass is 127. The number of rotatable bonds is 1. The molecule has 2 nitrogen and oxygen atoms in total. The quantitative estimate of drug-likeness (QED) is 0.716. The first-order valence-corrected chi connectivity index (χ1v) is 7.79. The predicted octanol–water partition coefficient (Wildman–Crippen LogP) is 3.26. The molecular formula is C13H16INOS. The lowest BCUT2D eigenvalue weighted by Crippen LogP contribution is -2.44. The fourth-order valence-electron chi connectivity index (χ4n) is 2.15. The van der Waals surface area contributed by atoms with Gasteiger partial charge in [-0.05, 0) is 34.7 Å². The fourth-order valence-corrected chi connectivity index (χ4v) is 4.09. The normalized spacial score (nSPS) is 24.8. The third-order valence-corrected chi connectivity index (χ3v) is 4.98. The first-order chi connectivity index (χ1) is 8.08. The topological polar surface area (TPSA) is 20.3 Å². The van der Waals surface area contributed by atoms with Gasteiger partial charge < -0.3 is 4.90 Å². The van der Waals surface area contributed by atoms with E-state index in [9.17, 15) is 4.79 Å². The summed E-state index contributed by atoms with van der Waals surface area (Å²) in [6.45, 7) is 6.10. The van der Waals surface area contributed by atoms with Crippen LogP contribution in [0.2, 0.25) is 0 Å². The number of carbonyl (C=O) groups excluding carboxylic acids is 1. The van der Waals surface area contributed by atoms with Gasteiger partial charge in [0.1, 0.15) is 0 Å². The lowest BCUT2D eigenvalue weighted by molar-refractivity contribution is 0.0752. The molecular weight excluding hydrogens is 345 g/mol. The number of benzene rings is 1. The number of halogens is 1. The Hall–Kier alpha value is -0.230. The molecule has 0 radical (unpaired) electrons. The fraction of sp³-hybridized carbons (Fsp3) is 0.462. The Balaban J connectivity index is 2.17. The molecule has 0 bridgehead atoms. The van der Waals surface area contributed by atoms with Crippen molar-refractivity contribution in [1.29, 1.82) is 0 Å². The zero-order valence-corrected chi connectivity index (χ0v) is 13.0. The Bertz CT molecular complexity index is 414. The molecule has 1 heterocycles. The van der Waals surface area contributed by atoms with E-state index in [0.29, 0.717) is 10.5 Å². The van der Waals surface area contributed by atoms with Crippen LogP contribution in [0.3, 0.4) is 0 Å². The second-order valence-corrected chi connectivity index (χ2v) is 7.49. The molecule has 2 unspecified atom stereocenters. The van der Waals surface area contributed by atoms with Gasteiger partial charge in [-0.2, -0.15) is 11.8 Å². The Kier molecular flexibility index (Phi) is 4.36. The van der Waals surface area contributed by atoms with Gasteiger partial charge in [0.05, 0.1) is 5.56 Å². The summed E-state index contributed by atoms with van der Waals surface area (Å²) in [4.78, 5) is 14.4. The maximum Gasteiger partial charge on any atom is 0.255 e. The van der Waals surface area contributed by atoms with Crippen molar-refractivity contribution >= 4 is 40.3 Å². The van der Waals surface area contributed by atoms with Crippen molar-refractivity contribution < 1.29 is 4.79 Å². The Morgan fingerprint density at radius 3 is 2.47 bits per heavy atom. The van der Waals surface area contributed by atoms with E-state index in [1.54, 1.807) is 0 Å². The van der Waals surface area contributed by atoms with E-state index in [1.807, 2.05) is 40.9 Å². The Morgan fingerprint density at radius 1 is 1.29 bits per heavy atom. The Morgan fingerprint density at radius 2 is 1.88 bits per heavy atom. The molecule has 4 heteroatoms.